The van der Waals surface area contributed by atoms with E-state index in [1.54, 1.807) is 0 Å². The molecule has 0 amide bonds. The molecule has 0 unspecified atom stereocenters. The van der Waals surface area contributed by atoms with E-state index in [4.69, 9.17) is 0 Å². The Bertz CT molecular complexity index is 177. The highest BCUT2D eigenvalue weighted by atomic mass is 16.3. The summed E-state index contributed by atoms with van der Waals surface area (Å²) >= 11 is 0. The fraction of sp³-hybridized carbons (Fsp3) is 0.833. The maximum Gasteiger partial charge on any atom is 0.0591 e. The van der Waals surface area contributed by atoms with Crippen LogP contribution in [0.3, 0.4) is 0 Å². The minimum absolute atomic E-state index is 0.512. The van der Waals surface area contributed by atoms with E-state index in [9.17, 15) is 5.11 Å². The molecule has 2 heteroatoms. The van der Waals surface area contributed by atoms with Crippen LogP contribution in [0.1, 0.15) is 40.0 Å². The molecule has 0 rings (SSSR count). The van der Waals surface area contributed by atoms with Gasteiger partial charge in [0, 0.05) is 6.54 Å². The van der Waals surface area contributed by atoms with E-state index in [0.29, 0.717) is 0 Å². The molecule has 84 valence electrons. The topological polar surface area (TPSA) is 23.5 Å². The van der Waals surface area contributed by atoms with Crippen LogP contribution in [0.4, 0.5) is 0 Å². The minimum Gasteiger partial charge on any atom is -0.390 e. The smallest absolute Gasteiger partial charge is 0.0591 e. The summed E-state index contributed by atoms with van der Waals surface area (Å²) < 4.78 is 0. The van der Waals surface area contributed by atoms with Crippen molar-refractivity contribution in [3.8, 4) is 0 Å². The fourth-order valence-electron chi connectivity index (χ4n) is 1.24. The van der Waals surface area contributed by atoms with Gasteiger partial charge in [-0.1, -0.05) is 11.6 Å². The zero-order valence-electron chi connectivity index (χ0n) is 10.3. The van der Waals surface area contributed by atoms with Gasteiger partial charge in [0.15, 0.2) is 0 Å². The molecule has 0 spiro atoms. The summed E-state index contributed by atoms with van der Waals surface area (Å²) in [5.41, 5.74) is 0.907. The Balaban J connectivity index is 3.63. The monoisotopic (exact) mass is 199 g/mol. The molecule has 0 fully saturated rings. The fourth-order valence-corrected chi connectivity index (χ4v) is 1.24. The average Bonchev–Trinajstić information content (AvgIpc) is 1.98. The summed E-state index contributed by atoms with van der Waals surface area (Å²) in [5.74, 6) is 0. The lowest BCUT2D eigenvalue weighted by Crippen LogP contribution is -2.17. The van der Waals surface area contributed by atoms with E-state index < -0.39 is 5.60 Å². The van der Waals surface area contributed by atoms with Gasteiger partial charge in [0.05, 0.1) is 5.60 Å². The summed E-state index contributed by atoms with van der Waals surface area (Å²) in [6, 6.07) is 0. The van der Waals surface area contributed by atoms with Crippen molar-refractivity contribution in [1.29, 1.82) is 0 Å². The first kappa shape index (κ1) is 13.7. The van der Waals surface area contributed by atoms with Crippen LogP contribution in [0.15, 0.2) is 11.6 Å². The molecule has 0 aliphatic rings. The highest BCUT2D eigenvalue weighted by Gasteiger charge is 2.10. The molecule has 0 radical (unpaired) electrons. The Morgan fingerprint density at radius 2 is 1.93 bits per heavy atom. The highest BCUT2D eigenvalue weighted by Crippen LogP contribution is 2.15. The molecule has 0 aromatic rings. The third-order valence-corrected chi connectivity index (χ3v) is 2.16. The van der Waals surface area contributed by atoms with E-state index in [1.807, 2.05) is 13.8 Å². The molecule has 0 saturated heterocycles. The number of likely N-dealkylation sites (N-methyl/N-ethyl adjacent to an activating group) is 1. The van der Waals surface area contributed by atoms with E-state index in [0.717, 1.165) is 25.8 Å². The number of hydrogen-bond acceptors (Lipinski definition) is 2. The van der Waals surface area contributed by atoms with Gasteiger partial charge in [0.25, 0.3) is 0 Å². The zero-order valence-corrected chi connectivity index (χ0v) is 10.3. The van der Waals surface area contributed by atoms with Crippen LogP contribution in [0.5, 0.6) is 0 Å². The Labute approximate surface area is 88.6 Å². The van der Waals surface area contributed by atoms with Gasteiger partial charge in [0.1, 0.15) is 0 Å². The first-order valence-electron chi connectivity index (χ1n) is 5.34. The zero-order chi connectivity index (χ0) is 11.2. The number of nitrogens with zero attached hydrogens (tertiary/aromatic N) is 1. The van der Waals surface area contributed by atoms with Crippen LogP contribution in [-0.2, 0) is 0 Å². The van der Waals surface area contributed by atoms with Crippen molar-refractivity contribution < 1.29 is 5.11 Å². The predicted octanol–water partition coefficient (Wildman–Crippen LogP) is 2.44. The van der Waals surface area contributed by atoms with Gasteiger partial charge in [-0.15, -0.1) is 0 Å². The number of hydrogen-bond donors (Lipinski definition) is 1. The van der Waals surface area contributed by atoms with E-state index in [2.05, 4.69) is 32.0 Å². The van der Waals surface area contributed by atoms with Crippen LogP contribution in [0.2, 0.25) is 0 Å². The average molecular weight is 199 g/mol. The number of aliphatic hydroxyl groups is 1. The molecule has 1 N–H and O–H groups in total. The lowest BCUT2D eigenvalue weighted by molar-refractivity contribution is 0.0689. The molecular weight excluding hydrogens is 174 g/mol. The molecule has 0 bridgehead atoms. The summed E-state index contributed by atoms with van der Waals surface area (Å²) in [7, 11) is 4.14. The molecule has 0 aromatic carbocycles. The largest absolute Gasteiger partial charge is 0.390 e. The second kappa shape index (κ2) is 6.20. The lowest BCUT2D eigenvalue weighted by Gasteiger charge is -2.16. The lowest BCUT2D eigenvalue weighted by atomic mass is 9.99. The van der Waals surface area contributed by atoms with Gasteiger partial charge >= 0.3 is 0 Å². The van der Waals surface area contributed by atoms with E-state index in [1.165, 1.54) is 5.57 Å². The Morgan fingerprint density at radius 3 is 2.36 bits per heavy atom. The maximum atomic E-state index is 9.52. The standard InChI is InChI=1S/C12H25NO/c1-11(8-10-13(4)5)7-6-9-12(2,3)14/h8,14H,6-7,9-10H2,1-5H3. The highest BCUT2D eigenvalue weighted by molar-refractivity contribution is 4.99. The van der Waals surface area contributed by atoms with Gasteiger partial charge in [-0.3, -0.25) is 0 Å². The van der Waals surface area contributed by atoms with Gasteiger partial charge in [-0.25, -0.2) is 0 Å². The Kier molecular flexibility index (Phi) is 6.05. The predicted molar refractivity (Wildman–Crippen MR) is 62.5 cm³/mol. The molecule has 14 heavy (non-hydrogen) atoms. The number of allylic oxidation sites excluding steroid dienone is 1. The molecule has 0 aliphatic carbocycles. The van der Waals surface area contributed by atoms with Crippen molar-refractivity contribution in [2.45, 2.75) is 45.6 Å². The molecule has 2 nitrogen and oxygen atoms in total. The van der Waals surface area contributed by atoms with Gasteiger partial charge in [0.2, 0.25) is 0 Å². The van der Waals surface area contributed by atoms with Crippen molar-refractivity contribution >= 4 is 0 Å². The van der Waals surface area contributed by atoms with Gasteiger partial charge < -0.3 is 10.0 Å². The van der Waals surface area contributed by atoms with Gasteiger partial charge in [-0.2, -0.15) is 0 Å². The second-order valence-corrected chi connectivity index (χ2v) is 4.98. The number of rotatable bonds is 6. The molecule has 0 heterocycles. The van der Waals surface area contributed by atoms with Crippen LogP contribution < -0.4 is 0 Å². The molecule has 0 atom stereocenters. The summed E-state index contributed by atoms with van der Waals surface area (Å²) in [5, 5.41) is 9.52. The van der Waals surface area contributed by atoms with Gasteiger partial charge in [-0.05, 0) is 54.1 Å². The van der Waals surface area contributed by atoms with E-state index >= 15 is 0 Å². The summed E-state index contributed by atoms with van der Waals surface area (Å²) in [6.45, 7) is 6.90. The van der Waals surface area contributed by atoms with Crippen molar-refractivity contribution in [1.82, 2.24) is 4.90 Å². The second-order valence-electron chi connectivity index (χ2n) is 4.98. The Hall–Kier alpha value is -0.340. The van der Waals surface area contributed by atoms with Crippen LogP contribution >= 0.6 is 0 Å². The van der Waals surface area contributed by atoms with Crippen molar-refractivity contribution in [2.24, 2.45) is 0 Å². The molecule has 0 saturated carbocycles. The third kappa shape index (κ3) is 9.75. The minimum atomic E-state index is -0.512. The van der Waals surface area contributed by atoms with Crippen molar-refractivity contribution in [2.75, 3.05) is 20.6 Å². The SMILES string of the molecule is CC(=CCN(C)C)CCCC(C)(C)O. The first-order chi connectivity index (χ1) is 6.31. The van der Waals surface area contributed by atoms with Crippen LogP contribution in [0, 0.1) is 0 Å². The van der Waals surface area contributed by atoms with Crippen molar-refractivity contribution in [3.05, 3.63) is 11.6 Å². The quantitative estimate of drug-likeness (QED) is 0.664. The van der Waals surface area contributed by atoms with E-state index in [-0.39, 0.29) is 0 Å². The molecule has 0 aliphatic heterocycles. The first-order valence-corrected chi connectivity index (χ1v) is 5.34. The maximum absolute atomic E-state index is 9.52. The third-order valence-electron chi connectivity index (χ3n) is 2.16. The van der Waals surface area contributed by atoms with Crippen LogP contribution in [-0.4, -0.2) is 36.2 Å². The molecular formula is C12H25NO. The summed E-state index contributed by atoms with van der Waals surface area (Å²) in [6.07, 6.45) is 5.29. The van der Waals surface area contributed by atoms with Crippen molar-refractivity contribution in [3.63, 3.8) is 0 Å². The van der Waals surface area contributed by atoms with Crippen LogP contribution in [0.25, 0.3) is 0 Å². The normalized spacial score (nSPS) is 13.8. The molecule has 0 aromatic heterocycles. The Morgan fingerprint density at radius 1 is 1.36 bits per heavy atom. The summed E-state index contributed by atoms with van der Waals surface area (Å²) in [4.78, 5) is 2.15.